The van der Waals surface area contributed by atoms with Crippen LogP contribution in [0.4, 0.5) is 5.69 Å². The van der Waals surface area contributed by atoms with Gasteiger partial charge >= 0.3 is 0 Å². The number of amidine groups is 1. The highest BCUT2D eigenvalue weighted by Gasteiger charge is 2.35. The van der Waals surface area contributed by atoms with Gasteiger partial charge in [0, 0.05) is 37.1 Å². The van der Waals surface area contributed by atoms with Gasteiger partial charge in [-0.1, -0.05) is 22.6 Å². The number of carbonyl (C=O) groups is 1. The van der Waals surface area contributed by atoms with E-state index in [1.165, 1.54) is 0 Å². The summed E-state index contributed by atoms with van der Waals surface area (Å²) in [6.07, 6.45) is 5.55. The molecule has 0 spiro atoms. The topological polar surface area (TPSA) is 53.8 Å². The Morgan fingerprint density at radius 2 is 2.27 bits per heavy atom. The largest absolute Gasteiger partial charge is 0.320 e. The lowest BCUT2D eigenvalue weighted by atomic mass is 10.3. The molecule has 113 valence electrons. The predicted octanol–water partition coefficient (Wildman–Crippen LogP) is 1.94. The predicted molar refractivity (Wildman–Crippen MR) is 87.3 cm³/mol. The molecule has 7 heteroatoms. The zero-order chi connectivity index (χ0) is 15.7. The van der Waals surface area contributed by atoms with Crippen LogP contribution in [0.3, 0.4) is 0 Å². The first kappa shape index (κ1) is 14.8. The summed E-state index contributed by atoms with van der Waals surface area (Å²) in [5.41, 5.74) is 1.02. The van der Waals surface area contributed by atoms with E-state index < -0.39 is 0 Å². The fourth-order valence-corrected chi connectivity index (χ4v) is 2.35. The number of hydrogen-bond donors (Lipinski definition) is 1. The molecule has 1 radical (unpaired) electrons. The van der Waals surface area contributed by atoms with Crippen LogP contribution in [-0.4, -0.2) is 42.5 Å². The van der Waals surface area contributed by atoms with Crippen LogP contribution in [0.25, 0.3) is 0 Å². The summed E-state index contributed by atoms with van der Waals surface area (Å²) in [7, 11) is 3.91. The Morgan fingerprint density at radius 1 is 1.45 bits per heavy atom. The molecule has 0 aromatic heterocycles. The SMILES string of the molecule is CN(C)N1C=CC2=NC(C(=O)Nc3cccc(Cl)c3)=C[N+]2C1. The molecule has 2 aliphatic rings. The number of nitrogens with one attached hydrogen (secondary N) is 1. The minimum absolute atomic E-state index is 0.256. The highest BCUT2D eigenvalue weighted by molar-refractivity contribution is 6.31. The van der Waals surface area contributed by atoms with E-state index in [-0.39, 0.29) is 5.91 Å². The number of fused-ring (bicyclic) bond motifs is 1. The number of aliphatic imine (C=N–C) groups is 1. The summed E-state index contributed by atoms with van der Waals surface area (Å²) in [5.74, 6) is 0.503. The molecule has 1 amide bonds. The summed E-state index contributed by atoms with van der Waals surface area (Å²) in [5, 5.41) is 7.34. The van der Waals surface area contributed by atoms with Crippen LogP contribution in [0, 0.1) is 0 Å². The molecule has 0 fully saturated rings. The Morgan fingerprint density at radius 3 is 3.00 bits per heavy atom. The van der Waals surface area contributed by atoms with Gasteiger partial charge in [0.1, 0.15) is 0 Å². The first-order valence-corrected chi connectivity index (χ1v) is 7.17. The zero-order valence-electron chi connectivity index (χ0n) is 12.3. The fraction of sp³-hybridized carbons (Fsp3) is 0.200. The Bertz CT molecular complexity index is 695. The first-order chi connectivity index (χ1) is 10.5. The van der Waals surface area contributed by atoms with Gasteiger partial charge in [-0.05, 0) is 18.2 Å². The maximum Gasteiger partial charge on any atom is 0.285 e. The van der Waals surface area contributed by atoms with E-state index in [9.17, 15) is 4.79 Å². The van der Waals surface area contributed by atoms with Gasteiger partial charge in [-0.15, -0.1) is 0 Å². The molecule has 0 aliphatic carbocycles. The van der Waals surface area contributed by atoms with Gasteiger partial charge in [0.25, 0.3) is 11.7 Å². The number of amides is 1. The molecule has 0 unspecified atom stereocenters. The average Bonchev–Trinajstić information content (AvgIpc) is 2.90. The average molecular weight is 318 g/mol. The van der Waals surface area contributed by atoms with Crippen molar-refractivity contribution in [2.75, 3.05) is 26.1 Å². The number of carbonyl (C=O) groups excluding carboxylic acids is 1. The molecule has 1 aromatic rings. The lowest BCUT2D eigenvalue weighted by molar-refractivity contribution is -0.112. The van der Waals surface area contributed by atoms with Crippen LogP contribution in [0.1, 0.15) is 0 Å². The molecule has 0 saturated heterocycles. The van der Waals surface area contributed by atoms with Gasteiger partial charge < -0.3 is 5.32 Å². The number of hydrazine groups is 1. The van der Waals surface area contributed by atoms with E-state index in [1.807, 2.05) is 41.3 Å². The number of anilines is 1. The van der Waals surface area contributed by atoms with Crippen molar-refractivity contribution in [2.45, 2.75) is 0 Å². The van der Waals surface area contributed by atoms with E-state index in [4.69, 9.17) is 11.6 Å². The Labute approximate surface area is 133 Å². The molecule has 6 nitrogen and oxygen atoms in total. The van der Waals surface area contributed by atoms with Gasteiger partial charge in [0.2, 0.25) is 6.67 Å². The number of nitrogens with zero attached hydrogens (tertiary/aromatic N) is 4. The van der Waals surface area contributed by atoms with Crippen LogP contribution >= 0.6 is 11.6 Å². The molecule has 0 bridgehead atoms. The molecule has 0 saturated carbocycles. The van der Waals surface area contributed by atoms with Crippen LogP contribution in [0.15, 0.2) is 53.4 Å². The van der Waals surface area contributed by atoms with Crippen molar-refractivity contribution in [3.05, 3.63) is 53.5 Å². The number of rotatable bonds is 3. The van der Waals surface area contributed by atoms with Crippen molar-refractivity contribution >= 4 is 29.0 Å². The lowest BCUT2D eigenvalue weighted by Gasteiger charge is -2.27. The summed E-state index contributed by atoms with van der Waals surface area (Å²) in [6.45, 7) is 0.621. The van der Waals surface area contributed by atoms with Crippen LogP contribution in [0.5, 0.6) is 0 Å². The summed E-state index contributed by atoms with van der Waals surface area (Å²) in [4.78, 5) is 18.6. The summed E-state index contributed by atoms with van der Waals surface area (Å²) < 4.78 is 0. The Hall–Kier alpha value is -2.15. The lowest BCUT2D eigenvalue weighted by Crippen LogP contribution is -2.47. The van der Waals surface area contributed by atoms with Crippen molar-refractivity contribution in [1.82, 2.24) is 14.9 Å². The molecular formula is C15H16ClN5O+. The van der Waals surface area contributed by atoms with Gasteiger partial charge in [-0.3, -0.25) is 9.80 Å². The van der Waals surface area contributed by atoms with Gasteiger partial charge in [-0.2, -0.15) is 4.99 Å². The standard InChI is InChI=1S/C15H16ClN5O/c1-19(2)21-7-6-14-18-13(9-20(14)10-21)15(22)17-12-5-3-4-11(16)8-12/h3-9H,10H2,1-2H3,(H,17,22)/q+1. The van der Waals surface area contributed by atoms with Crippen molar-refractivity contribution in [2.24, 2.45) is 4.99 Å². The first-order valence-electron chi connectivity index (χ1n) is 6.79. The fourth-order valence-electron chi connectivity index (χ4n) is 2.16. The van der Waals surface area contributed by atoms with Gasteiger partial charge in [0.15, 0.2) is 11.9 Å². The Kier molecular flexibility index (Phi) is 3.98. The molecule has 1 N–H and O–H groups in total. The van der Waals surface area contributed by atoms with E-state index >= 15 is 0 Å². The molecule has 1 aromatic carbocycles. The molecular weight excluding hydrogens is 302 g/mol. The third-order valence-corrected chi connectivity index (χ3v) is 3.56. The maximum absolute atomic E-state index is 12.3. The second-order valence-electron chi connectivity index (χ2n) is 5.16. The quantitative estimate of drug-likeness (QED) is 0.867. The summed E-state index contributed by atoms with van der Waals surface area (Å²) >= 11 is 5.91. The van der Waals surface area contributed by atoms with Crippen molar-refractivity contribution in [3.8, 4) is 0 Å². The number of hydrogen-bond acceptors (Lipinski definition) is 5. The monoisotopic (exact) mass is 317 g/mol. The zero-order valence-corrected chi connectivity index (χ0v) is 13.1. The maximum atomic E-state index is 12.3. The number of halogens is 1. The van der Waals surface area contributed by atoms with Crippen LogP contribution in [0.2, 0.25) is 5.02 Å². The molecule has 0 atom stereocenters. The third-order valence-electron chi connectivity index (χ3n) is 3.33. The van der Waals surface area contributed by atoms with E-state index in [2.05, 4.69) is 10.3 Å². The molecule has 22 heavy (non-hydrogen) atoms. The summed E-state index contributed by atoms with van der Waals surface area (Å²) in [6, 6.07) is 7.03. The second-order valence-corrected chi connectivity index (χ2v) is 5.60. The second kappa shape index (κ2) is 5.92. The van der Waals surface area contributed by atoms with E-state index in [0.717, 1.165) is 5.84 Å². The normalized spacial score (nSPS) is 17.4. The van der Waals surface area contributed by atoms with Crippen LogP contribution in [-0.2, 0) is 4.79 Å². The third kappa shape index (κ3) is 3.04. The van der Waals surface area contributed by atoms with Gasteiger partial charge in [0.05, 0.1) is 0 Å². The van der Waals surface area contributed by atoms with E-state index in [0.29, 0.717) is 23.1 Å². The number of benzene rings is 1. The highest BCUT2D eigenvalue weighted by atomic mass is 35.5. The molecule has 2 heterocycles. The van der Waals surface area contributed by atoms with E-state index in [1.54, 1.807) is 30.5 Å². The smallest absolute Gasteiger partial charge is 0.285 e. The molecule has 2 aliphatic heterocycles. The van der Waals surface area contributed by atoms with Gasteiger partial charge in [-0.25, -0.2) is 5.01 Å². The minimum atomic E-state index is -0.256. The van der Waals surface area contributed by atoms with Crippen molar-refractivity contribution in [1.29, 1.82) is 0 Å². The van der Waals surface area contributed by atoms with Crippen molar-refractivity contribution in [3.63, 3.8) is 0 Å². The molecule has 3 rings (SSSR count). The van der Waals surface area contributed by atoms with Crippen molar-refractivity contribution < 1.29 is 4.79 Å². The Balaban J connectivity index is 1.72. The van der Waals surface area contributed by atoms with Crippen LogP contribution < -0.4 is 10.2 Å². The minimum Gasteiger partial charge on any atom is -0.320 e. The highest BCUT2D eigenvalue weighted by Crippen LogP contribution is 2.19.